The molecule has 0 amide bonds. The van der Waals surface area contributed by atoms with Gasteiger partial charge in [-0.25, -0.2) is 4.39 Å². The number of rotatable bonds is 5. The van der Waals surface area contributed by atoms with Crippen LogP contribution in [0.3, 0.4) is 0 Å². The van der Waals surface area contributed by atoms with Crippen molar-refractivity contribution in [1.29, 1.82) is 0 Å². The van der Waals surface area contributed by atoms with Gasteiger partial charge in [0.2, 0.25) is 0 Å². The van der Waals surface area contributed by atoms with Crippen LogP contribution in [0, 0.1) is 5.82 Å². The lowest BCUT2D eigenvalue weighted by molar-refractivity contribution is 0.397. The molecule has 0 aliphatic carbocycles. The van der Waals surface area contributed by atoms with Crippen LogP contribution in [-0.2, 0) is 0 Å². The molecule has 112 valence electrons. The molecular formula is C16H16Cl2FNO. The number of hydrogen-bond donors (Lipinski definition) is 1. The van der Waals surface area contributed by atoms with Gasteiger partial charge in [-0.1, -0.05) is 48.3 Å². The molecule has 2 nitrogen and oxygen atoms in total. The Morgan fingerprint density at radius 3 is 2.57 bits per heavy atom. The lowest BCUT2D eigenvalue weighted by Crippen LogP contribution is -2.24. The Morgan fingerprint density at radius 1 is 1.19 bits per heavy atom. The standard InChI is InChI=1S/C16H16Cl2FNO/c1-3-20-16(10-6-4-7-11(17)15(10)18)14-12(19)8-5-9-13(14)21-2/h4-9,16,20H,3H2,1-2H3. The largest absolute Gasteiger partial charge is 0.496 e. The van der Waals surface area contributed by atoms with Crippen molar-refractivity contribution < 1.29 is 9.13 Å². The third kappa shape index (κ3) is 3.31. The molecule has 0 saturated heterocycles. The molecule has 2 aromatic rings. The van der Waals surface area contributed by atoms with Gasteiger partial charge >= 0.3 is 0 Å². The number of ether oxygens (including phenoxy) is 1. The molecule has 0 fully saturated rings. The van der Waals surface area contributed by atoms with Crippen molar-refractivity contribution in [2.24, 2.45) is 0 Å². The van der Waals surface area contributed by atoms with E-state index >= 15 is 0 Å². The van der Waals surface area contributed by atoms with Gasteiger partial charge in [0.15, 0.2) is 0 Å². The Labute approximate surface area is 133 Å². The van der Waals surface area contributed by atoms with Crippen LogP contribution in [0.25, 0.3) is 0 Å². The Morgan fingerprint density at radius 2 is 1.90 bits per heavy atom. The average Bonchev–Trinajstić information content (AvgIpc) is 2.48. The summed E-state index contributed by atoms with van der Waals surface area (Å²) in [7, 11) is 1.51. The highest BCUT2D eigenvalue weighted by molar-refractivity contribution is 6.42. The summed E-state index contributed by atoms with van der Waals surface area (Å²) in [5.74, 6) is 0.119. The average molecular weight is 328 g/mol. The molecule has 0 radical (unpaired) electrons. The van der Waals surface area contributed by atoms with Crippen molar-refractivity contribution in [3.8, 4) is 5.75 Å². The van der Waals surface area contributed by atoms with Crippen molar-refractivity contribution in [2.45, 2.75) is 13.0 Å². The van der Waals surface area contributed by atoms with Gasteiger partial charge in [-0.2, -0.15) is 0 Å². The fraction of sp³-hybridized carbons (Fsp3) is 0.250. The molecule has 0 aliphatic heterocycles. The first-order valence-electron chi connectivity index (χ1n) is 6.59. The molecule has 1 atom stereocenters. The maximum atomic E-state index is 14.3. The Hall–Kier alpha value is -1.29. The van der Waals surface area contributed by atoms with E-state index in [0.717, 1.165) is 5.56 Å². The van der Waals surface area contributed by atoms with Crippen LogP contribution in [0.5, 0.6) is 5.75 Å². The second-order valence-electron chi connectivity index (χ2n) is 4.49. The minimum atomic E-state index is -0.433. The van der Waals surface area contributed by atoms with Crippen LogP contribution < -0.4 is 10.1 Å². The van der Waals surface area contributed by atoms with Gasteiger partial charge in [0, 0.05) is 0 Å². The smallest absolute Gasteiger partial charge is 0.132 e. The monoisotopic (exact) mass is 327 g/mol. The molecule has 0 saturated carbocycles. The number of nitrogens with one attached hydrogen (secondary N) is 1. The van der Waals surface area contributed by atoms with Crippen LogP contribution >= 0.6 is 23.2 Å². The van der Waals surface area contributed by atoms with E-state index < -0.39 is 6.04 Å². The maximum Gasteiger partial charge on any atom is 0.132 e. The van der Waals surface area contributed by atoms with Crippen LogP contribution in [0.1, 0.15) is 24.1 Å². The molecule has 0 heterocycles. The second kappa shape index (κ2) is 7.12. The second-order valence-corrected chi connectivity index (χ2v) is 5.27. The summed E-state index contributed by atoms with van der Waals surface area (Å²) in [4.78, 5) is 0. The van der Waals surface area contributed by atoms with Gasteiger partial charge in [-0.15, -0.1) is 0 Å². The Balaban J connectivity index is 2.62. The first-order valence-corrected chi connectivity index (χ1v) is 7.35. The molecule has 1 unspecified atom stereocenters. The van der Waals surface area contributed by atoms with Crippen molar-refractivity contribution in [3.05, 3.63) is 63.4 Å². The Kier molecular flexibility index (Phi) is 5.45. The normalized spacial score (nSPS) is 12.2. The number of benzene rings is 2. The highest BCUT2D eigenvalue weighted by atomic mass is 35.5. The van der Waals surface area contributed by atoms with E-state index in [1.165, 1.54) is 13.2 Å². The molecule has 2 aromatic carbocycles. The van der Waals surface area contributed by atoms with Crippen LogP contribution in [-0.4, -0.2) is 13.7 Å². The zero-order chi connectivity index (χ0) is 15.4. The van der Waals surface area contributed by atoms with E-state index in [4.69, 9.17) is 27.9 Å². The van der Waals surface area contributed by atoms with Crippen LogP contribution in [0.4, 0.5) is 4.39 Å². The van der Waals surface area contributed by atoms with Gasteiger partial charge in [-0.3, -0.25) is 0 Å². The van der Waals surface area contributed by atoms with Crippen molar-refractivity contribution >= 4 is 23.2 Å². The van der Waals surface area contributed by atoms with Gasteiger partial charge in [-0.05, 0) is 30.3 Å². The molecule has 5 heteroatoms. The SMILES string of the molecule is CCNC(c1cccc(Cl)c1Cl)c1c(F)cccc1OC. The topological polar surface area (TPSA) is 21.3 Å². The van der Waals surface area contributed by atoms with E-state index in [0.29, 0.717) is 27.9 Å². The minimum absolute atomic E-state index is 0.351. The lowest BCUT2D eigenvalue weighted by Gasteiger charge is -2.23. The zero-order valence-electron chi connectivity index (χ0n) is 11.8. The van der Waals surface area contributed by atoms with Crippen LogP contribution in [0.15, 0.2) is 36.4 Å². The number of methoxy groups -OCH3 is 1. The summed E-state index contributed by atoms with van der Waals surface area (Å²) in [5, 5.41) is 4.09. The molecule has 1 N–H and O–H groups in total. The molecule has 0 spiro atoms. The Bertz CT molecular complexity index is 634. The molecule has 2 rings (SSSR count). The fourth-order valence-electron chi connectivity index (χ4n) is 2.29. The third-order valence-electron chi connectivity index (χ3n) is 3.22. The van der Waals surface area contributed by atoms with Crippen LogP contribution in [0.2, 0.25) is 10.0 Å². The summed E-state index contributed by atoms with van der Waals surface area (Å²) in [6.45, 7) is 2.59. The van der Waals surface area contributed by atoms with Gasteiger partial charge in [0.25, 0.3) is 0 Å². The first kappa shape index (κ1) is 16.1. The van der Waals surface area contributed by atoms with E-state index in [1.54, 1.807) is 24.3 Å². The first-order chi connectivity index (χ1) is 10.1. The molecule has 0 aliphatic rings. The highest BCUT2D eigenvalue weighted by Gasteiger charge is 2.24. The summed E-state index contributed by atoms with van der Waals surface area (Å²) in [5.41, 5.74) is 1.14. The van der Waals surface area contributed by atoms with Gasteiger partial charge in [0.05, 0.1) is 28.8 Å². The predicted molar refractivity (Wildman–Crippen MR) is 84.9 cm³/mol. The van der Waals surface area contributed by atoms with Gasteiger partial charge < -0.3 is 10.1 Å². The maximum absolute atomic E-state index is 14.3. The summed E-state index contributed by atoms with van der Waals surface area (Å²) >= 11 is 12.4. The van der Waals surface area contributed by atoms with E-state index in [1.807, 2.05) is 13.0 Å². The van der Waals surface area contributed by atoms with Crippen molar-refractivity contribution in [2.75, 3.05) is 13.7 Å². The minimum Gasteiger partial charge on any atom is -0.496 e. The number of halogens is 3. The van der Waals surface area contributed by atoms with E-state index in [2.05, 4.69) is 5.32 Å². The summed E-state index contributed by atoms with van der Waals surface area (Å²) < 4.78 is 19.6. The van der Waals surface area contributed by atoms with E-state index in [-0.39, 0.29) is 5.82 Å². The molecule has 0 aromatic heterocycles. The van der Waals surface area contributed by atoms with Crippen molar-refractivity contribution in [1.82, 2.24) is 5.32 Å². The quantitative estimate of drug-likeness (QED) is 0.848. The molecule has 0 bridgehead atoms. The fourth-order valence-corrected chi connectivity index (χ4v) is 2.71. The molecule has 21 heavy (non-hydrogen) atoms. The lowest BCUT2D eigenvalue weighted by atomic mass is 9.97. The summed E-state index contributed by atoms with van der Waals surface area (Å²) in [6, 6.07) is 9.63. The van der Waals surface area contributed by atoms with Gasteiger partial charge in [0.1, 0.15) is 11.6 Å². The zero-order valence-corrected chi connectivity index (χ0v) is 13.3. The number of hydrogen-bond acceptors (Lipinski definition) is 2. The van der Waals surface area contributed by atoms with E-state index in [9.17, 15) is 4.39 Å². The van der Waals surface area contributed by atoms with Crippen molar-refractivity contribution in [3.63, 3.8) is 0 Å². The molecular weight excluding hydrogens is 312 g/mol. The summed E-state index contributed by atoms with van der Waals surface area (Å²) in [6.07, 6.45) is 0. The predicted octanol–water partition coefficient (Wildman–Crippen LogP) is 4.84. The third-order valence-corrected chi connectivity index (χ3v) is 4.06. The highest BCUT2D eigenvalue weighted by Crippen LogP contribution is 2.37.